The summed E-state index contributed by atoms with van der Waals surface area (Å²) in [6, 6.07) is 1.19. The summed E-state index contributed by atoms with van der Waals surface area (Å²) < 4.78 is 21.8. The zero-order valence-electron chi connectivity index (χ0n) is 23.9. The summed E-state index contributed by atoms with van der Waals surface area (Å²) in [4.78, 5) is 24.6. The first kappa shape index (κ1) is 32.4. The number of carbonyl (C=O) groups is 2. The number of benzene rings is 1. The third-order valence-electron chi connectivity index (χ3n) is 6.65. The molecule has 0 spiro atoms. The molecule has 0 aromatic heterocycles. The fourth-order valence-corrected chi connectivity index (χ4v) is 4.47. The van der Waals surface area contributed by atoms with Gasteiger partial charge < -0.3 is 45.3 Å². The molecule has 0 radical (unpaired) electrons. The van der Waals surface area contributed by atoms with Gasteiger partial charge in [-0.15, -0.1) is 0 Å². The summed E-state index contributed by atoms with van der Waals surface area (Å²) in [5.74, 6) is -1.57. The molecule has 220 valence electrons. The van der Waals surface area contributed by atoms with Crippen LogP contribution in [0.4, 0.5) is 10.5 Å². The van der Waals surface area contributed by atoms with E-state index in [-0.39, 0.29) is 40.5 Å². The number of fused-ring (bicyclic) bond motifs is 2. The molecule has 2 amide bonds. The summed E-state index contributed by atoms with van der Waals surface area (Å²) in [5, 5.41) is 35.3. The van der Waals surface area contributed by atoms with Gasteiger partial charge in [0.05, 0.1) is 30.6 Å². The van der Waals surface area contributed by atoms with E-state index in [1.807, 2.05) is 0 Å². The van der Waals surface area contributed by atoms with Crippen molar-refractivity contribution in [2.45, 2.75) is 58.5 Å². The van der Waals surface area contributed by atoms with E-state index in [1.54, 1.807) is 52.0 Å². The van der Waals surface area contributed by atoms with Gasteiger partial charge in [0.1, 0.15) is 11.9 Å². The van der Waals surface area contributed by atoms with Gasteiger partial charge in [-0.2, -0.15) is 0 Å². The number of phenols is 2. The average Bonchev–Trinajstić information content (AvgIpc) is 2.90. The van der Waals surface area contributed by atoms with Gasteiger partial charge in [0.15, 0.2) is 17.6 Å². The Labute approximate surface area is 234 Å². The van der Waals surface area contributed by atoms with Gasteiger partial charge in [-0.3, -0.25) is 4.79 Å². The number of allylic oxidation sites excluding steroid dienone is 2. The molecule has 1 aromatic carbocycles. The summed E-state index contributed by atoms with van der Waals surface area (Å²) in [5.41, 5.74) is 6.98. The van der Waals surface area contributed by atoms with E-state index in [0.717, 1.165) is 0 Å². The number of amides is 2. The molecule has 0 saturated heterocycles. The minimum Gasteiger partial charge on any atom is -0.505 e. The highest BCUT2D eigenvalue weighted by molar-refractivity contribution is 6.05. The van der Waals surface area contributed by atoms with Crippen LogP contribution in [0.3, 0.4) is 0 Å². The number of aliphatic hydroxyl groups excluding tert-OH is 1. The molecule has 1 aromatic rings. The van der Waals surface area contributed by atoms with Gasteiger partial charge in [-0.05, 0) is 38.8 Å². The summed E-state index contributed by atoms with van der Waals surface area (Å²) in [7, 11) is 4.25. The van der Waals surface area contributed by atoms with Crippen LogP contribution in [0.15, 0.2) is 47.1 Å². The SMILES string of the molecule is COc1c(O)cc2c(O)c1/C=C(\C)C[C@H](OC)[C@H](O)[C@@H](C)C=C(C)[C@H](OC(N)=O)[C@@H](OC)/C=C/C=C(/C)C(=O)N2. The predicted molar refractivity (Wildman–Crippen MR) is 151 cm³/mol. The van der Waals surface area contributed by atoms with Crippen LogP contribution in [0, 0.1) is 5.92 Å². The van der Waals surface area contributed by atoms with Crippen LogP contribution in [0.25, 0.3) is 6.08 Å². The number of nitrogens with one attached hydrogen (secondary N) is 1. The van der Waals surface area contributed by atoms with Crippen molar-refractivity contribution in [2.24, 2.45) is 11.7 Å². The van der Waals surface area contributed by atoms with E-state index in [9.17, 15) is 24.9 Å². The molecule has 2 rings (SSSR count). The van der Waals surface area contributed by atoms with Gasteiger partial charge in [0.2, 0.25) is 0 Å². The minimum atomic E-state index is -0.998. The molecule has 0 aliphatic carbocycles. The van der Waals surface area contributed by atoms with E-state index in [1.165, 1.54) is 33.5 Å². The van der Waals surface area contributed by atoms with E-state index in [4.69, 9.17) is 24.7 Å². The first-order chi connectivity index (χ1) is 18.8. The van der Waals surface area contributed by atoms with E-state index < -0.39 is 42.3 Å². The first-order valence-electron chi connectivity index (χ1n) is 12.7. The van der Waals surface area contributed by atoms with Crippen molar-refractivity contribution in [3.63, 3.8) is 0 Å². The summed E-state index contributed by atoms with van der Waals surface area (Å²) >= 11 is 0. The van der Waals surface area contributed by atoms with Crippen molar-refractivity contribution in [2.75, 3.05) is 26.6 Å². The number of primary amides is 1. The molecule has 1 aliphatic heterocycles. The third kappa shape index (κ3) is 8.10. The predicted octanol–water partition coefficient (Wildman–Crippen LogP) is 3.79. The van der Waals surface area contributed by atoms with Crippen LogP contribution in [-0.4, -0.2) is 73.1 Å². The van der Waals surface area contributed by atoms with Crippen LogP contribution < -0.4 is 15.8 Å². The van der Waals surface area contributed by atoms with Crippen LogP contribution in [0.2, 0.25) is 0 Å². The molecule has 6 N–H and O–H groups in total. The summed E-state index contributed by atoms with van der Waals surface area (Å²) in [6.45, 7) is 6.86. The van der Waals surface area contributed by atoms with Crippen molar-refractivity contribution in [1.82, 2.24) is 0 Å². The Morgan fingerprint density at radius 3 is 2.38 bits per heavy atom. The Hall–Kier alpha value is -3.80. The Balaban J connectivity index is 2.72. The maximum atomic E-state index is 12.9. The van der Waals surface area contributed by atoms with Crippen molar-refractivity contribution < 1.29 is 43.9 Å². The number of nitrogens with two attached hydrogens (primary N) is 1. The number of rotatable bonds is 4. The lowest BCUT2D eigenvalue weighted by Gasteiger charge is -2.28. The standard InChI is InChI=1S/C29H40N2O9/c1-15-11-19-25(34)20(14-21(32)27(19)39-7)31-28(35)16(2)9-8-10-22(37-5)26(40-29(30)36)18(4)13-17(3)24(33)23(12-15)38-6/h8-11,13-14,17,22-24,26,32-34H,12H2,1-7H3,(H2,30,36)(H,31,35)/b10-8+,15-11+,16-9-,18-13?/t17-,22-,23-,24+,26-/m0/s1. The molecule has 0 fully saturated rings. The zero-order valence-corrected chi connectivity index (χ0v) is 23.9. The molecule has 1 heterocycles. The van der Waals surface area contributed by atoms with Gasteiger partial charge in [-0.1, -0.05) is 36.8 Å². The third-order valence-corrected chi connectivity index (χ3v) is 6.65. The van der Waals surface area contributed by atoms with Crippen molar-refractivity contribution in [3.05, 3.63) is 52.7 Å². The second-order valence-corrected chi connectivity index (χ2v) is 9.71. The fourth-order valence-electron chi connectivity index (χ4n) is 4.47. The van der Waals surface area contributed by atoms with Crippen molar-refractivity contribution in [3.8, 4) is 17.2 Å². The largest absolute Gasteiger partial charge is 0.505 e. The highest BCUT2D eigenvalue weighted by Crippen LogP contribution is 2.43. The Bertz CT molecular complexity index is 1200. The van der Waals surface area contributed by atoms with Gasteiger partial charge in [0, 0.05) is 31.8 Å². The first-order valence-corrected chi connectivity index (χ1v) is 12.7. The van der Waals surface area contributed by atoms with Gasteiger partial charge in [-0.25, -0.2) is 4.79 Å². The van der Waals surface area contributed by atoms with Crippen LogP contribution >= 0.6 is 0 Å². The second-order valence-electron chi connectivity index (χ2n) is 9.71. The van der Waals surface area contributed by atoms with Crippen LogP contribution in [0.5, 0.6) is 17.2 Å². The molecule has 11 nitrogen and oxygen atoms in total. The van der Waals surface area contributed by atoms with E-state index in [0.29, 0.717) is 11.1 Å². The molecule has 11 heteroatoms. The lowest BCUT2D eigenvalue weighted by molar-refractivity contribution is -0.112. The number of phenolic OH excluding ortho intramolecular Hbond substituents is 2. The normalized spacial score (nSPS) is 28.2. The zero-order chi connectivity index (χ0) is 30.1. The quantitative estimate of drug-likeness (QED) is 0.209. The lowest BCUT2D eigenvalue weighted by Crippen LogP contribution is -2.36. The highest BCUT2D eigenvalue weighted by atomic mass is 16.6. The number of ether oxygens (including phenoxy) is 4. The topological polar surface area (TPSA) is 170 Å². The van der Waals surface area contributed by atoms with E-state index in [2.05, 4.69) is 5.32 Å². The number of methoxy groups -OCH3 is 3. The molecular weight excluding hydrogens is 520 g/mol. The number of anilines is 1. The number of aliphatic hydroxyl groups is 1. The Kier molecular flexibility index (Phi) is 11.8. The molecule has 1 aliphatic rings. The fraction of sp³-hybridized carbons (Fsp3) is 0.448. The molecular formula is C29H40N2O9. The van der Waals surface area contributed by atoms with Gasteiger partial charge in [0.25, 0.3) is 5.91 Å². The average molecular weight is 561 g/mol. The number of hydrogen-bond donors (Lipinski definition) is 5. The van der Waals surface area contributed by atoms with Crippen molar-refractivity contribution in [1.29, 1.82) is 0 Å². The smallest absolute Gasteiger partial charge is 0.405 e. The summed E-state index contributed by atoms with van der Waals surface area (Å²) in [6.07, 6.45) is 3.94. The monoisotopic (exact) mass is 560 g/mol. The number of aromatic hydroxyl groups is 2. The molecule has 5 atom stereocenters. The molecule has 2 bridgehead atoms. The maximum absolute atomic E-state index is 12.9. The van der Waals surface area contributed by atoms with Crippen LogP contribution in [-0.2, 0) is 19.0 Å². The van der Waals surface area contributed by atoms with Crippen LogP contribution in [0.1, 0.15) is 39.7 Å². The number of hydrogen-bond acceptors (Lipinski definition) is 9. The van der Waals surface area contributed by atoms with Crippen molar-refractivity contribution >= 4 is 23.8 Å². The number of carbonyl (C=O) groups excluding carboxylic acids is 2. The molecule has 40 heavy (non-hydrogen) atoms. The maximum Gasteiger partial charge on any atom is 0.405 e. The molecule has 0 unspecified atom stereocenters. The Morgan fingerprint density at radius 1 is 1.12 bits per heavy atom. The lowest BCUT2D eigenvalue weighted by atomic mass is 9.91. The highest BCUT2D eigenvalue weighted by Gasteiger charge is 2.29. The minimum absolute atomic E-state index is 0.0171. The second kappa shape index (κ2) is 14.5. The Morgan fingerprint density at radius 2 is 1.80 bits per heavy atom. The molecule has 0 saturated carbocycles. The van der Waals surface area contributed by atoms with Gasteiger partial charge >= 0.3 is 6.09 Å². The van der Waals surface area contributed by atoms with E-state index >= 15 is 0 Å².